The molecule has 12 rings (SSSR count). The van der Waals surface area contributed by atoms with E-state index in [9.17, 15) is 20.4 Å². The molecule has 0 atom stereocenters. The summed E-state index contributed by atoms with van der Waals surface area (Å²) in [5.41, 5.74) is 16.0. The Morgan fingerprint density at radius 1 is 0.217 bits per heavy atom. The highest BCUT2D eigenvalue weighted by Crippen LogP contribution is 2.38. The van der Waals surface area contributed by atoms with E-state index < -0.39 is 24.4 Å². The Bertz CT molecular complexity index is 3910. The van der Waals surface area contributed by atoms with Gasteiger partial charge in [-0.05, 0) is 109 Å². The minimum absolute atomic E-state index is 0.288. The summed E-state index contributed by atoms with van der Waals surface area (Å²) >= 11 is 0. The van der Waals surface area contributed by atoms with Gasteiger partial charge in [-0.3, -0.25) is 39.9 Å². The van der Waals surface area contributed by atoms with Gasteiger partial charge in [-0.15, -0.1) is 0 Å². The molecule has 10 aromatic carbocycles. The number of para-hydroxylation sites is 4. The van der Waals surface area contributed by atoms with Crippen LogP contribution in [0.1, 0.15) is 101 Å². The Balaban J connectivity index is 0.000000195. The van der Waals surface area contributed by atoms with Crippen LogP contribution < -0.4 is 0 Å². The van der Waals surface area contributed by atoms with Crippen molar-refractivity contribution >= 4 is 113 Å². The van der Waals surface area contributed by atoms with E-state index >= 15 is 0 Å². The summed E-state index contributed by atoms with van der Waals surface area (Å²) in [7, 11) is 0. The molecule has 12 heteroatoms. The molecule has 4 N–H and O–H groups in total. The Hall–Kier alpha value is -10.1. The smallest absolute Gasteiger partial charge is 0.0889 e. The Morgan fingerprint density at radius 2 is 0.413 bits per heavy atom. The fourth-order valence-electron chi connectivity index (χ4n) is 11.8. The highest BCUT2D eigenvalue weighted by Gasteiger charge is 2.22. The molecular weight excluding hydrogens is 1140 g/mol. The van der Waals surface area contributed by atoms with E-state index in [1.807, 2.05) is 246 Å². The maximum atomic E-state index is 11.8. The van der Waals surface area contributed by atoms with Crippen molar-refractivity contribution in [3.8, 4) is 0 Å². The molecule has 0 amide bonds. The summed E-state index contributed by atoms with van der Waals surface area (Å²) in [4.78, 5) is 40.4. The maximum absolute atomic E-state index is 11.8. The van der Waals surface area contributed by atoms with Crippen LogP contribution in [0.3, 0.4) is 0 Å². The zero-order valence-corrected chi connectivity index (χ0v) is 52.4. The van der Waals surface area contributed by atoms with Crippen molar-refractivity contribution in [1.29, 1.82) is 0 Å². The van der Waals surface area contributed by atoms with Gasteiger partial charge in [0.15, 0.2) is 0 Å². The second-order valence-electron chi connectivity index (χ2n) is 23.6. The van der Waals surface area contributed by atoms with Crippen LogP contribution >= 0.6 is 0 Å². The molecule has 12 nitrogen and oxygen atoms in total. The van der Waals surface area contributed by atoms with E-state index in [0.29, 0.717) is 48.4 Å². The molecule has 10 aromatic rings. The molecule has 0 saturated carbocycles. The number of aliphatic hydroxyl groups excluding tert-OH is 4. The maximum Gasteiger partial charge on any atom is 0.0889 e. The first-order valence-corrected chi connectivity index (χ1v) is 31.5. The minimum Gasteiger partial charge on any atom is -0.392 e. The molecule has 92 heavy (non-hydrogen) atoms. The number of aliphatic imine (C=N–C) groups is 8. The zero-order chi connectivity index (χ0) is 63.8. The Labute approximate surface area is 538 Å². The Kier molecular flexibility index (Phi) is 21.1. The number of benzene rings is 10. The molecule has 2 aliphatic heterocycles. The number of hydrogen-bond acceptors (Lipinski definition) is 12. The van der Waals surface area contributed by atoms with Crippen LogP contribution in [-0.2, 0) is 0 Å². The molecule has 2 heterocycles. The standard InChI is InChI=1S/C46H40N4O2.C34H36N4O2/c51-37-29-43(33-17-5-1-6-18-33)47-39-25-13-14-26-40(39)48-45(35-21-9-3-10-22-35)31-38(52)32-46(36-23-11-4-12-24-36)50-42-28-16-15-27-41(42)49-44(30-37)34-19-7-2-8-20-34;1-21-17-27(39)18-22(2)36-31-15-7-11-26-12-8-16-32(34(26)31)38-24(4)20-28(40)19-23(3)37-30-14-6-10-25-9-5-13-29(35-21)33(25)30/h1-28,37-38,51-52H,29-32H2;5-16,27-28,39-40H,17-20H2,1-4H3. The van der Waals surface area contributed by atoms with Gasteiger partial charge in [-0.25, -0.2) is 0 Å². The molecular formula is C80H76N8O4. The molecule has 0 radical (unpaired) electrons. The van der Waals surface area contributed by atoms with Gasteiger partial charge in [0.2, 0.25) is 0 Å². The van der Waals surface area contributed by atoms with Gasteiger partial charge >= 0.3 is 0 Å². The summed E-state index contributed by atoms with van der Waals surface area (Å²) in [5.74, 6) is 0. The first kappa shape index (κ1) is 63.5. The van der Waals surface area contributed by atoms with Crippen LogP contribution in [0, 0.1) is 0 Å². The molecule has 0 spiro atoms. The molecule has 460 valence electrons. The first-order valence-electron chi connectivity index (χ1n) is 31.5. The van der Waals surface area contributed by atoms with Gasteiger partial charge in [0.05, 0.1) is 92.8 Å². The number of fused-ring (bicyclic) bond motifs is 2. The fourth-order valence-corrected chi connectivity index (χ4v) is 11.8. The van der Waals surface area contributed by atoms with Crippen LogP contribution in [0.5, 0.6) is 0 Å². The topological polar surface area (TPSA) is 180 Å². The van der Waals surface area contributed by atoms with Gasteiger partial charge < -0.3 is 20.4 Å². The van der Waals surface area contributed by atoms with Crippen LogP contribution in [-0.4, -0.2) is 90.5 Å². The summed E-state index contributed by atoms with van der Waals surface area (Å²) in [6, 6.07) is 79.5. The van der Waals surface area contributed by atoms with Crippen molar-refractivity contribution in [2.24, 2.45) is 39.9 Å². The lowest BCUT2D eigenvalue weighted by atomic mass is 9.97. The predicted octanol–water partition coefficient (Wildman–Crippen LogP) is 18.5. The zero-order valence-electron chi connectivity index (χ0n) is 52.4. The van der Waals surface area contributed by atoms with E-state index in [0.717, 1.165) is 112 Å². The first-order chi connectivity index (χ1) is 44.8. The lowest BCUT2D eigenvalue weighted by molar-refractivity contribution is 0.190. The van der Waals surface area contributed by atoms with Gasteiger partial charge in [0, 0.05) is 85.0 Å². The van der Waals surface area contributed by atoms with Crippen molar-refractivity contribution in [1.82, 2.24) is 0 Å². The number of rotatable bonds is 4. The second kappa shape index (κ2) is 30.6. The van der Waals surface area contributed by atoms with Crippen molar-refractivity contribution in [2.75, 3.05) is 0 Å². The summed E-state index contributed by atoms with van der Waals surface area (Å²) in [6.45, 7) is 7.80. The van der Waals surface area contributed by atoms with Crippen molar-refractivity contribution in [3.05, 3.63) is 265 Å². The number of aliphatic hydroxyl groups is 4. The lowest BCUT2D eigenvalue weighted by Crippen LogP contribution is -2.20. The normalized spacial score (nSPS) is 18.2. The highest BCUT2D eigenvalue weighted by molar-refractivity contribution is 6.10. The largest absolute Gasteiger partial charge is 0.392 e. The number of nitrogens with zero attached hydrogens (tertiary/aromatic N) is 8. The molecule has 0 fully saturated rings. The lowest BCUT2D eigenvalue weighted by Gasteiger charge is -2.18. The minimum atomic E-state index is -0.793. The second-order valence-corrected chi connectivity index (χ2v) is 23.6. The van der Waals surface area contributed by atoms with Crippen LogP contribution in [0.2, 0.25) is 0 Å². The van der Waals surface area contributed by atoms with Crippen molar-refractivity contribution < 1.29 is 20.4 Å². The van der Waals surface area contributed by atoms with E-state index in [2.05, 4.69) is 24.3 Å². The van der Waals surface area contributed by atoms with Gasteiger partial charge in [0.1, 0.15) is 0 Å². The number of hydrogen-bond donors (Lipinski definition) is 4. The van der Waals surface area contributed by atoms with Crippen molar-refractivity contribution in [3.63, 3.8) is 0 Å². The van der Waals surface area contributed by atoms with E-state index in [1.165, 1.54) is 0 Å². The molecule has 0 bridgehead atoms. The summed E-state index contributed by atoms with van der Waals surface area (Å²) < 4.78 is 0. The van der Waals surface area contributed by atoms with Gasteiger partial charge in [-0.1, -0.05) is 194 Å². The third kappa shape index (κ3) is 16.8. The fraction of sp³-hybridized carbons (Fsp3) is 0.200. The summed E-state index contributed by atoms with van der Waals surface area (Å²) in [5, 5.41) is 49.6. The average Bonchev–Trinajstić information content (AvgIpc) is 0.849. The van der Waals surface area contributed by atoms with E-state index in [1.54, 1.807) is 0 Å². The third-order valence-electron chi connectivity index (χ3n) is 16.0. The summed E-state index contributed by atoms with van der Waals surface area (Å²) in [6.07, 6.45) is 0.0883. The molecule has 0 unspecified atom stereocenters. The van der Waals surface area contributed by atoms with Crippen LogP contribution in [0.25, 0.3) is 21.5 Å². The molecule has 0 aromatic heterocycles. The molecule has 0 saturated heterocycles. The molecule has 2 aliphatic rings. The predicted molar refractivity (Wildman–Crippen MR) is 383 cm³/mol. The van der Waals surface area contributed by atoms with E-state index in [4.69, 9.17) is 39.9 Å². The van der Waals surface area contributed by atoms with Crippen LogP contribution in [0.15, 0.2) is 283 Å². The Morgan fingerprint density at radius 3 is 0.641 bits per heavy atom. The quantitative estimate of drug-likeness (QED) is 0.137. The monoisotopic (exact) mass is 1210 g/mol. The van der Waals surface area contributed by atoms with Crippen LogP contribution in [0.4, 0.5) is 45.5 Å². The van der Waals surface area contributed by atoms with Crippen molar-refractivity contribution in [2.45, 2.75) is 103 Å². The van der Waals surface area contributed by atoms with Gasteiger partial charge in [-0.2, -0.15) is 0 Å². The van der Waals surface area contributed by atoms with E-state index in [-0.39, 0.29) is 25.7 Å². The van der Waals surface area contributed by atoms with Gasteiger partial charge in [0.25, 0.3) is 0 Å². The average molecular weight is 1210 g/mol. The molecule has 0 aliphatic carbocycles. The third-order valence-corrected chi connectivity index (χ3v) is 16.0. The SMILES string of the molecule is CC1=Nc2cccc3cccc(c23)N=C(C)CC(O)CC(C)=Nc2cccc3cccc(c23)N=C(C)CC(O)C1.OC1CC(c2ccccc2)=Nc2ccccc2N=C(c2ccccc2)CC(O)CC(c2ccccc2)=Nc2ccccc2N=C(c2ccccc2)C1. The highest BCUT2D eigenvalue weighted by atomic mass is 16.3.